The number of fused-ring (bicyclic) bond motifs is 1. The molecule has 4 aromatic rings. The molecule has 2 heterocycles. The van der Waals surface area contributed by atoms with Gasteiger partial charge in [-0.3, -0.25) is 9.78 Å². The largest absolute Gasteiger partial charge is 0.493 e. The molecule has 0 aliphatic heterocycles. The van der Waals surface area contributed by atoms with Gasteiger partial charge < -0.3 is 20.1 Å². The molecule has 1 saturated carbocycles. The molecule has 0 atom stereocenters. The number of aromatic hydroxyl groups is 1. The molecule has 1 amide bonds. The zero-order valence-corrected chi connectivity index (χ0v) is 18.4. The minimum Gasteiger partial charge on any atom is -0.493 e. The number of amides is 1. The average Bonchev–Trinajstić information content (AvgIpc) is 3.67. The number of benzene rings is 2. The first-order chi connectivity index (χ1) is 16.5. The third-order valence-electron chi connectivity index (χ3n) is 5.72. The molecule has 1 aliphatic rings. The van der Waals surface area contributed by atoms with Crippen molar-refractivity contribution in [2.24, 2.45) is 5.92 Å². The molecule has 0 saturated heterocycles. The molecule has 2 aromatic heterocycles. The minimum atomic E-state index is -0.569. The van der Waals surface area contributed by atoms with Crippen molar-refractivity contribution in [1.29, 1.82) is 0 Å². The summed E-state index contributed by atoms with van der Waals surface area (Å²) in [7, 11) is 1.80. The van der Waals surface area contributed by atoms with Gasteiger partial charge in [0.1, 0.15) is 11.6 Å². The Balaban J connectivity index is 1.28. The molecule has 172 valence electrons. The number of aromatic nitrogens is 3. The lowest BCUT2D eigenvalue weighted by molar-refractivity contribution is 0.0948. The van der Waals surface area contributed by atoms with Gasteiger partial charge in [-0.25, -0.2) is 4.39 Å². The number of hydrogen-bond donors (Lipinski definition) is 2. The van der Waals surface area contributed by atoms with Gasteiger partial charge in [-0.05, 0) is 67.3 Å². The van der Waals surface area contributed by atoms with Crippen LogP contribution in [-0.2, 0) is 0 Å². The maximum Gasteiger partial charge on any atom is 0.325 e. The fourth-order valence-electron chi connectivity index (χ4n) is 3.53. The Morgan fingerprint density at radius 2 is 1.91 bits per heavy atom. The van der Waals surface area contributed by atoms with Crippen molar-refractivity contribution in [2.75, 3.05) is 18.5 Å². The smallest absolute Gasteiger partial charge is 0.325 e. The third kappa shape index (κ3) is 4.59. The van der Waals surface area contributed by atoms with E-state index in [1.165, 1.54) is 18.3 Å². The van der Waals surface area contributed by atoms with Crippen LogP contribution in [0.2, 0.25) is 0 Å². The number of anilines is 2. The molecule has 0 bridgehead atoms. The van der Waals surface area contributed by atoms with E-state index in [1.807, 2.05) is 0 Å². The van der Waals surface area contributed by atoms with E-state index < -0.39 is 11.7 Å². The number of ether oxygens (including phenoxy) is 1. The summed E-state index contributed by atoms with van der Waals surface area (Å²) in [5.74, 6) is -0.155. The molecule has 0 spiro atoms. The normalized spacial score (nSPS) is 13.0. The van der Waals surface area contributed by atoms with Crippen LogP contribution in [0.3, 0.4) is 0 Å². The number of carbonyl (C=O) groups excluding carboxylic acids is 1. The maximum atomic E-state index is 14.6. The first-order valence-corrected chi connectivity index (χ1v) is 10.9. The molecule has 2 aromatic carbocycles. The van der Waals surface area contributed by atoms with Gasteiger partial charge in [-0.2, -0.15) is 9.97 Å². The van der Waals surface area contributed by atoms with Gasteiger partial charge in [-0.15, -0.1) is 0 Å². The number of nitrogens with zero attached hydrogens (tertiary/aromatic N) is 4. The van der Waals surface area contributed by atoms with E-state index >= 15 is 0 Å². The van der Waals surface area contributed by atoms with Crippen LogP contribution in [0, 0.1) is 11.7 Å². The Labute approximate surface area is 195 Å². The van der Waals surface area contributed by atoms with E-state index in [9.17, 15) is 14.3 Å². The molecule has 0 unspecified atom stereocenters. The van der Waals surface area contributed by atoms with Gasteiger partial charge in [0.15, 0.2) is 0 Å². The maximum absolute atomic E-state index is 14.6. The summed E-state index contributed by atoms with van der Waals surface area (Å²) < 4.78 is 20.3. The number of hydrogen-bond acceptors (Lipinski definition) is 7. The Bertz CT molecular complexity index is 1360. The van der Waals surface area contributed by atoms with E-state index in [4.69, 9.17) is 4.74 Å². The van der Waals surface area contributed by atoms with Crippen LogP contribution in [-0.4, -0.2) is 39.6 Å². The Morgan fingerprint density at radius 1 is 1.15 bits per heavy atom. The van der Waals surface area contributed by atoms with Gasteiger partial charge in [0.2, 0.25) is 5.88 Å². The predicted octanol–water partition coefficient (Wildman–Crippen LogP) is 4.57. The van der Waals surface area contributed by atoms with E-state index in [2.05, 4.69) is 20.3 Å². The highest BCUT2D eigenvalue weighted by atomic mass is 19.1. The lowest BCUT2D eigenvalue weighted by Crippen LogP contribution is -2.26. The molecular formula is C25H22FN5O3. The molecule has 0 radical (unpaired) electrons. The molecule has 5 rings (SSSR count). The number of pyridine rings is 1. The van der Waals surface area contributed by atoms with Crippen molar-refractivity contribution in [3.8, 4) is 17.6 Å². The molecular weight excluding hydrogens is 437 g/mol. The van der Waals surface area contributed by atoms with Crippen LogP contribution in [0.1, 0.15) is 23.2 Å². The van der Waals surface area contributed by atoms with Crippen LogP contribution in [0.5, 0.6) is 17.6 Å². The predicted molar refractivity (Wildman–Crippen MR) is 125 cm³/mol. The summed E-state index contributed by atoms with van der Waals surface area (Å²) in [6, 6.07) is 13.2. The van der Waals surface area contributed by atoms with E-state index in [0.717, 1.165) is 18.5 Å². The van der Waals surface area contributed by atoms with Crippen molar-refractivity contribution in [3.05, 3.63) is 72.3 Å². The Kier molecular flexibility index (Phi) is 5.67. The van der Waals surface area contributed by atoms with Gasteiger partial charge in [0, 0.05) is 31.2 Å². The van der Waals surface area contributed by atoms with E-state index in [0.29, 0.717) is 34.8 Å². The van der Waals surface area contributed by atoms with Crippen molar-refractivity contribution in [2.45, 2.75) is 12.8 Å². The SMILES string of the molecule is CN(c1ccc(Oc2nc(O)c3ccncc3n2)cc1)c1ccc(C(=O)NCC2CC2)c(F)c1. The average molecular weight is 459 g/mol. The van der Waals surface area contributed by atoms with Crippen molar-refractivity contribution < 1.29 is 19.0 Å². The topological polar surface area (TPSA) is 100 Å². The summed E-state index contributed by atoms with van der Waals surface area (Å²) in [5.41, 5.74) is 1.88. The van der Waals surface area contributed by atoms with Crippen LogP contribution in [0.25, 0.3) is 10.9 Å². The standard InChI is InChI=1S/C25H22FN5O3/c1-31(17-6-9-19(21(26)12-17)23(32)28-13-15-2-3-15)16-4-7-18(8-5-16)34-25-29-22-14-27-11-10-20(22)24(33)30-25/h4-12,14-15H,2-3,13H2,1H3,(H,28,32)(H,29,30,33). The van der Waals surface area contributed by atoms with Crippen molar-refractivity contribution in [3.63, 3.8) is 0 Å². The monoisotopic (exact) mass is 459 g/mol. The minimum absolute atomic E-state index is 0.00303. The molecule has 1 aliphatic carbocycles. The van der Waals surface area contributed by atoms with Crippen molar-refractivity contribution in [1.82, 2.24) is 20.3 Å². The molecule has 1 fully saturated rings. The van der Waals surface area contributed by atoms with Crippen LogP contribution >= 0.6 is 0 Å². The second kappa shape index (κ2) is 8.93. The van der Waals surface area contributed by atoms with Crippen LogP contribution in [0.4, 0.5) is 15.8 Å². The third-order valence-corrected chi connectivity index (χ3v) is 5.72. The number of halogens is 1. The summed E-state index contributed by atoms with van der Waals surface area (Å²) in [6.07, 6.45) is 5.30. The quantitative estimate of drug-likeness (QED) is 0.418. The van der Waals surface area contributed by atoms with Gasteiger partial charge in [-0.1, -0.05) is 0 Å². The summed E-state index contributed by atoms with van der Waals surface area (Å²) in [6.45, 7) is 0.592. The molecule has 2 N–H and O–H groups in total. The highest BCUT2D eigenvalue weighted by Crippen LogP contribution is 2.30. The first-order valence-electron chi connectivity index (χ1n) is 10.9. The fraction of sp³-hybridized carbons (Fsp3) is 0.200. The van der Waals surface area contributed by atoms with Gasteiger partial charge >= 0.3 is 6.01 Å². The zero-order chi connectivity index (χ0) is 23.7. The second-order valence-electron chi connectivity index (χ2n) is 8.20. The van der Waals surface area contributed by atoms with Crippen LogP contribution < -0.4 is 15.0 Å². The summed E-state index contributed by atoms with van der Waals surface area (Å²) >= 11 is 0. The number of carbonyl (C=O) groups is 1. The first kappa shape index (κ1) is 21.6. The van der Waals surface area contributed by atoms with E-state index in [1.54, 1.807) is 54.5 Å². The van der Waals surface area contributed by atoms with E-state index in [-0.39, 0.29) is 17.5 Å². The Hall–Kier alpha value is -4.27. The van der Waals surface area contributed by atoms with Gasteiger partial charge in [0.25, 0.3) is 5.91 Å². The number of rotatable bonds is 7. The summed E-state index contributed by atoms with van der Waals surface area (Å²) in [4.78, 5) is 26.2. The molecule has 34 heavy (non-hydrogen) atoms. The van der Waals surface area contributed by atoms with Gasteiger partial charge in [0.05, 0.1) is 22.7 Å². The zero-order valence-electron chi connectivity index (χ0n) is 18.4. The highest BCUT2D eigenvalue weighted by molar-refractivity contribution is 5.95. The highest BCUT2D eigenvalue weighted by Gasteiger charge is 2.23. The molecule has 9 heteroatoms. The van der Waals surface area contributed by atoms with Crippen molar-refractivity contribution >= 4 is 28.2 Å². The van der Waals surface area contributed by atoms with Crippen LogP contribution in [0.15, 0.2) is 60.9 Å². The Morgan fingerprint density at radius 3 is 2.65 bits per heavy atom. The number of nitrogens with one attached hydrogen (secondary N) is 1. The summed E-state index contributed by atoms with van der Waals surface area (Å²) in [5, 5.41) is 13.4. The second-order valence-corrected chi connectivity index (χ2v) is 8.20. The fourth-order valence-corrected chi connectivity index (χ4v) is 3.53. The lowest BCUT2D eigenvalue weighted by atomic mass is 10.1. The lowest BCUT2D eigenvalue weighted by Gasteiger charge is -2.20. The molecule has 8 nitrogen and oxygen atoms in total.